The van der Waals surface area contributed by atoms with Gasteiger partial charge in [-0.1, -0.05) is 51.2 Å². The number of anilines is 1. The van der Waals surface area contributed by atoms with Crippen LogP contribution in [0.15, 0.2) is 18.2 Å². The molecule has 0 heterocycles. The van der Waals surface area contributed by atoms with E-state index in [0.29, 0.717) is 5.56 Å². The molecule has 20 heavy (non-hydrogen) atoms. The Hall–Kier alpha value is -1.51. The van der Waals surface area contributed by atoms with Gasteiger partial charge in [-0.25, -0.2) is 4.79 Å². The van der Waals surface area contributed by atoms with E-state index in [0.717, 1.165) is 30.1 Å². The molecule has 0 aliphatic rings. The molecule has 1 rings (SSSR count). The van der Waals surface area contributed by atoms with Crippen molar-refractivity contribution >= 4 is 11.7 Å². The molecule has 0 fully saturated rings. The fraction of sp³-hybridized carbons (Fsp3) is 0.588. The quantitative estimate of drug-likeness (QED) is 0.642. The molecule has 0 bridgehead atoms. The van der Waals surface area contributed by atoms with Gasteiger partial charge in [-0.15, -0.1) is 0 Å². The van der Waals surface area contributed by atoms with E-state index in [1.807, 2.05) is 19.1 Å². The first-order valence-corrected chi connectivity index (χ1v) is 7.58. The maximum atomic E-state index is 11.2. The van der Waals surface area contributed by atoms with Gasteiger partial charge >= 0.3 is 5.97 Å². The molecule has 0 aromatic heterocycles. The monoisotopic (exact) mass is 277 g/mol. The van der Waals surface area contributed by atoms with Crippen LogP contribution in [-0.4, -0.2) is 17.6 Å². The summed E-state index contributed by atoms with van der Waals surface area (Å²) in [6, 6.07) is 5.52. The van der Waals surface area contributed by atoms with Crippen molar-refractivity contribution in [2.45, 2.75) is 52.9 Å². The summed E-state index contributed by atoms with van der Waals surface area (Å²) in [5, 5.41) is 12.4. The number of hydrogen-bond acceptors (Lipinski definition) is 2. The predicted octanol–water partition coefficient (Wildman–Crippen LogP) is 4.71. The normalized spacial score (nSPS) is 10.8. The van der Waals surface area contributed by atoms with Crippen LogP contribution in [0.5, 0.6) is 0 Å². The van der Waals surface area contributed by atoms with Gasteiger partial charge in [-0.3, -0.25) is 0 Å². The first-order valence-electron chi connectivity index (χ1n) is 7.58. The summed E-state index contributed by atoms with van der Waals surface area (Å²) in [5.41, 5.74) is 2.07. The third-order valence-electron chi connectivity index (χ3n) is 3.43. The van der Waals surface area contributed by atoms with Crippen molar-refractivity contribution in [3.05, 3.63) is 29.3 Å². The van der Waals surface area contributed by atoms with E-state index in [1.54, 1.807) is 6.07 Å². The Bertz CT molecular complexity index is 427. The average molecular weight is 277 g/mol. The van der Waals surface area contributed by atoms with Crippen molar-refractivity contribution in [1.82, 2.24) is 0 Å². The highest BCUT2D eigenvalue weighted by Crippen LogP contribution is 2.18. The van der Waals surface area contributed by atoms with Crippen LogP contribution >= 0.6 is 0 Å². The number of carboxylic acids is 1. The summed E-state index contributed by atoms with van der Waals surface area (Å²) in [5.74, 6) is -0.0769. The van der Waals surface area contributed by atoms with Crippen molar-refractivity contribution < 1.29 is 9.90 Å². The maximum absolute atomic E-state index is 11.2. The number of carbonyl (C=O) groups is 1. The minimum absolute atomic E-state index is 0.366. The molecule has 2 N–H and O–H groups in total. The third-order valence-corrected chi connectivity index (χ3v) is 3.43. The van der Waals surface area contributed by atoms with Crippen molar-refractivity contribution in [2.75, 3.05) is 11.9 Å². The summed E-state index contributed by atoms with van der Waals surface area (Å²) < 4.78 is 0. The van der Waals surface area contributed by atoms with Gasteiger partial charge in [0.15, 0.2) is 0 Å². The molecular weight excluding hydrogens is 250 g/mol. The second kappa shape index (κ2) is 8.62. The van der Waals surface area contributed by atoms with Crippen molar-refractivity contribution in [3.8, 4) is 0 Å². The molecule has 3 nitrogen and oxygen atoms in total. The molecule has 0 aliphatic heterocycles. The van der Waals surface area contributed by atoms with Gasteiger partial charge < -0.3 is 10.4 Å². The highest BCUT2D eigenvalue weighted by molar-refractivity contribution is 5.94. The van der Waals surface area contributed by atoms with Gasteiger partial charge in [0.05, 0.1) is 5.56 Å². The zero-order chi connectivity index (χ0) is 15.0. The summed E-state index contributed by atoms with van der Waals surface area (Å²) in [4.78, 5) is 11.2. The first-order chi connectivity index (χ1) is 9.50. The summed E-state index contributed by atoms with van der Waals surface area (Å²) >= 11 is 0. The molecule has 3 heteroatoms. The average Bonchev–Trinajstić information content (AvgIpc) is 2.38. The Labute approximate surface area is 122 Å². The van der Waals surface area contributed by atoms with Crippen LogP contribution in [0, 0.1) is 12.8 Å². The molecule has 0 spiro atoms. The molecule has 0 unspecified atom stereocenters. The van der Waals surface area contributed by atoms with Gasteiger partial charge in [-0.05, 0) is 31.4 Å². The lowest BCUT2D eigenvalue weighted by Gasteiger charge is -2.10. The number of hydrogen-bond donors (Lipinski definition) is 2. The molecule has 0 saturated carbocycles. The molecule has 0 amide bonds. The number of unbranched alkanes of at least 4 members (excludes halogenated alkanes) is 3. The molecule has 0 aliphatic carbocycles. The number of nitrogens with one attached hydrogen (secondary N) is 1. The standard InChI is InChI=1S/C17H27NO2/c1-13(2)8-6-4-5-7-11-18-16-10-9-14(3)12-15(16)17(19)20/h9-10,12-13,18H,4-8,11H2,1-3H3,(H,19,20). The zero-order valence-corrected chi connectivity index (χ0v) is 12.9. The molecule has 112 valence electrons. The van der Waals surface area contributed by atoms with Crippen molar-refractivity contribution in [3.63, 3.8) is 0 Å². The Morgan fingerprint density at radius 1 is 1.20 bits per heavy atom. The second-order valence-corrected chi connectivity index (χ2v) is 5.88. The minimum atomic E-state index is -0.867. The van der Waals surface area contributed by atoms with Gasteiger partial charge in [-0.2, -0.15) is 0 Å². The van der Waals surface area contributed by atoms with Crippen LogP contribution < -0.4 is 5.32 Å². The van der Waals surface area contributed by atoms with Gasteiger partial charge in [0.25, 0.3) is 0 Å². The van der Waals surface area contributed by atoms with Gasteiger partial charge in [0, 0.05) is 12.2 Å². The molecular formula is C17H27NO2. The molecule has 1 aromatic carbocycles. The number of carboxylic acid groups (broad SMARTS) is 1. The summed E-state index contributed by atoms with van der Waals surface area (Å²) in [6.45, 7) is 7.26. The molecule has 0 atom stereocenters. The Morgan fingerprint density at radius 2 is 1.90 bits per heavy atom. The number of rotatable bonds is 9. The van der Waals surface area contributed by atoms with Crippen LogP contribution in [0.3, 0.4) is 0 Å². The largest absolute Gasteiger partial charge is 0.478 e. The van der Waals surface area contributed by atoms with E-state index in [-0.39, 0.29) is 0 Å². The zero-order valence-electron chi connectivity index (χ0n) is 12.9. The lowest BCUT2D eigenvalue weighted by Crippen LogP contribution is -2.08. The molecule has 1 aromatic rings. The van der Waals surface area contributed by atoms with Crippen molar-refractivity contribution in [1.29, 1.82) is 0 Å². The fourth-order valence-electron chi connectivity index (χ4n) is 2.24. The second-order valence-electron chi connectivity index (χ2n) is 5.88. The van der Waals surface area contributed by atoms with E-state index < -0.39 is 5.97 Å². The molecule has 0 saturated heterocycles. The topological polar surface area (TPSA) is 49.3 Å². The highest BCUT2D eigenvalue weighted by atomic mass is 16.4. The van der Waals surface area contributed by atoms with Crippen LogP contribution in [0.1, 0.15) is 61.9 Å². The van der Waals surface area contributed by atoms with Gasteiger partial charge in [0.1, 0.15) is 0 Å². The number of benzene rings is 1. The van der Waals surface area contributed by atoms with Crippen LogP contribution in [0.25, 0.3) is 0 Å². The van der Waals surface area contributed by atoms with Crippen molar-refractivity contribution in [2.24, 2.45) is 5.92 Å². The smallest absolute Gasteiger partial charge is 0.337 e. The maximum Gasteiger partial charge on any atom is 0.337 e. The predicted molar refractivity (Wildman–Crippen MR) is 84.6 cm³/mol. The number of aryl methyl sites for hydroxylation is 1. The number of aromatic carboxylic acids is 1. The first kappa shape index (κ1) is 16.5. The van der Waals surface area contributed by atoms with E-state index in [9.17, 15) is 9.90 Å². The molecule has 0 radical (unpaired) electrons. The Kier molecular flexibility index (Phi) is 7.13. The van der Waals surface area contributed by atoms with Crippen LogP contribution in [0.2, 0.25) is 0 Å². The Balaban J connectivity index is 2.30. The van der Waals surface area contributed by atoms with Crippen LogP contribution in [-0.2, 0) is 0 Å². The third kappa shape index (κ3) is 6.09. The SMILES string of the molecule is Cc1ccc(NCCCCCCC(C)C)c(C(=O)O)c1. The van der Waals surface area contributed by atoms with E-state index in [2.05, 4.69) is 19.2 Å². The van der Waals surface area contributed by atoms with E-state index in [1.165, 1.54) is 25.7 Å². The van der Waals surface area contributed by atoms with E-state index >= 15 is 0 Å². The Morgan fingerprint density at radius 3 is 2.55 bits per heavy atom. The fourth-order valence-corrected chi connectivity index (χ4v) is 2.24. The van der Waals surface area contributed by atoms with Gasteiger partial charge in [0.2, 0.25) is 0 Å². The minimum Gasteiger partial charge on any atom is -0.478 e. The van der Waals surface area contributed by atoms with E-state index in [4.69, 9.17) is 0 Å². The summed E-state index contributed by atoms with van der Waals surface area (Å²) in [6.07, 6.45) is 6.15. The lowest BCUT2D eigenvalue weighted by molar-refractivity contribution is 0.0698. The highest BCUT2D eigenvalue weighted by Gasteiger charge is 2.09. The lowest BCUT2D eigenvalue weighted by atomic mass is 10.0. The van der Waals surface area contributed by atoms with Crippen LogP contribution in [0.4, 0.5) is 5.69 Å². The summed E-state index contributed by atoms with van der Waals surface area (Å²) in [7, 11) is 0.